The van der Waals surface area contributed by atoms with Crippen LogP contribution in [-0.2, 0) is 6.42 Å². The molecule has 2 aromatic carbocycles. The third-order valence-corrected chi connectivity index (χ3v) is 4.27. The SMILES string of the molecule is CC1Cc2cccc(-c3ccc(N(C)C)cc3)c2C1O. The molecular weight excluding hydrogens is 246 g/mol. The van der Waals surface area contributed by atoms with Crippen molar-refractivity contribution < 1.29 is 5.11 Å². The van der Waals surface area contributed by atoms with E-state index in [1.807, 2.05) is 14.1 Å². The van der Waals surface area contributed by atoms with Crippen LogP contribution in [0.2, 0.25) is 0 Å². The van der Waals surface area contributed by atoms with E-state index in [4.69, 9.17) is 0 Å². The zero-order valence-electron chi connectivity index (χ0n) is 12.3. The Morgan fingerprint density at radius 2 is 1.75 bits per heavy atom. The standard InChI is InChI=1S/C18H21NO/c1-12-11-14-5-4-6-16(17(14)18(12)20)13-7-9-15(10-8-13)19(2)3/h4-10,12,18,20H,11H2,1-3H3. The van der Waals surface area contributed by atoms with Crippen LogP contribution in [0.1, 0.15) is 24.2 Å². The normalized spacial score (nSPS) is 20.8. The minimum absolute atomic E-state index is 0.312. The molecule has 0 aromatic heterocycles. The Balaban J connectivity index is 2.06. The van der Waals surface area contributed by atoms with Gasteiger partial charge in [-0.25, -0.2) is 0 Å². The zero-order chi connectivity index (χ0) is 14.3. The molecule has 3 rings (SSSR count). The van der Waals surface area contributed by atoms with Crippen molar-refractivity contribution in [2.75, 3.05) is 19.0 Å². The topological polar surface area (TPSA) is 23.5 Å². The van der Waals surface area contributed by atoms with E-state index in [1.165, 1.54) is 22.4 Å². The molecule has 1 N–H and O–H groups in total. The second-order valence-corrected chi connectivity index (χ2v) is 5.95. The van der Waals surface area contributed by atoms with Crippen LogP contribution in [-0.4, -0.2) is 19.2 Å². The first-order valence-electron chi connectivity index (χ1n) is 7.15. The highest BCUT2D eigenvalue weighted by Crippen LogP contribution is 2.41. The largest absolute Gasteiger partial charge is 0.388 e. The van der Waals surface area contributed by atoms with Gasteiger partial charge in [0.15, 0.2) is 0 Å². The number of hydrogen-bond donors (Lipinski definition) is 1. The highest BCUT2D eigenvalue weighted by atomic mass is 16.3. The fraction of sp³-hybridized carbons (Fsp3) is 0.333. The fourth-order valence-corrected chi connectivity index (χ4v) is 3.07. The molecule has 1 aliphatic carbocycles. The zero-order valence-corrected chi connectivity index (χ0v) is 12.3. The van der Waals surface area contributed by atoms with Gasteiger partial charge in [-0.15, -0.1) is 0 Å². The van der Waals surface area contributed by atoms with E-state index in [0.29, 0.717) is 5.92 Å². The van der Waals surface area contributed by atoms with Gasteiger partial charge in [-0.2, -0.15) is 0 Å². The molecule has 0 bridgehead atoms. The van der Waals surface area contributed by atoms with E-state index >= 15 is 0 Å². The molecule has 20 heavy (non-hydrogen) atoms. The van der Waals surface area contributed by atoms with Gasteiger partial charge in [-0.1, -0.05) is 37.3 Å². The van der Waals surface area contributed by atoms with Crippen molar-refractivity contribution in [3.63, 3.8) is 0 Å². The van der Waals surface area contributed by atoms with Crippen LogP contribution in [0.25, 0.3) is 11.1 Å². The molecule has 0 spiro atoms. The summed E-state index contributed by atoms with van der Waals surface area (Å²) >= 11 is 0. The van der Waals surface area contributed by atoms with E-state index in [2.05, 4.69) is 54.3 Å². The summed E-state index contributed by atoms with van der Waals surface area (Å²) in [5.41, 5.74) is 5.96. The maximum Gasteiger partial charge on any atom is 0.0827 e. The number of aliphatic hydroxyl groups is 1. The van der Waals surface area contributed by atoms with E-state index in [1.54, 1.807) is 0 Å². The van der Waals surface area contributed by atoms with Crippen LogP contribution in [0.3, 0.4) is 0 Å². The van der Waals surface area contributed by atoms with Crippen molar-refractivity contribution in [3.8, 4) is 11.1 Å². The van der Waals surface area contributed by atoms with E-state index < -0.39 is 0 Å². The predicted molar refractivity (Wildman–Crippen MR) is 84.0 cm³/mol. The maximum absolute atomic E-state index is 10.4. The molecule has 104 valence electrons. The minimum Gasteiger partial charge on any atom is -0.388 e. The third kappa shape index (κ3) is 2.10. The lowest BCUT2D eigenvalue weighted by atomic mass is 9.95. The first kappa shape index (κ1) is 13.2. The molecule has 0 saturated heterocycles. The summed E-state index contributed by atoms with van der Waals surface area (Å²) in [7, 11) is 4.08. The summed E-state index contributed by atoms with van der Waals surface area (Å²) in [5.74, 6) is 0.312. The molecule has 2 aromatic rings. The molecular formula is C18H21NO. The molecule has 0 aliphatic heterocycles. The van der Waals surface area contributed by atoms with Gasteiger partial charge >= 0.3 is 0 Å². The van der Waals surface area contributed by atoms with Crippen LogP contribution >= 0.6 is 0 Å². The van der Waals surface area contributed by atoms with Crippen LogP contribution in [0.15, 0.2) is 42.5 Å². The number of rotatable bonds is 2. The van der Waals surface area contributed by atoms with E-state index in [-0.39, 0.29) is 6.10 Å². The molecule has 2 heteroatoms. The molecule has 2 unspecified atom stereocenters. The highest BCUT2D eigenvalue weighted by Gasteiger charge is 2.29. The number of benzene rings is 2. The molecule has 2 nitrogen and oxygen atoms in total. The Bertz CT molecular complexity index is 616. The molecule has 0 saturated carbocycles. The van der Waals surface area contributed by atoms with Gasteiger partial charge in [0.25, 0.3) is 0 Å². The number of nitrogens with zero attached hydrogens (tertiary/aromatic N) is 1. The Hall–Kier alpha value is -1.80. The Morgan fingerprint density at radius 1 is 1.05 bits per heavy atom. The van der Waals surface area contributed by atoms with Crippen molar-refractivity contribution in [2.45, 2.75) is 19.4 Å². The quantitative estimate of drug-likeness (QED) is 0.898. The van der Waals surface area contributed by atoms with E-state index in [0.717, 1.165) is 12.0 Å². The number of anilines is 1. The highest BCUT2D eigenvalue weighted by molar-refractivity contribution is 5.72. The first-order valence-corrected chi connectivity index (χ1v) is 7.15. The minimum atomic E-state index is -0.338. The lowest BCUT2D eigenvalue weighted by Crippen LogP contribution is -2.08. The molecule has 0 heterocycles. The molecule has 0 radical (unpaired) electrons. The van der Waals surface area contributed by atoms with Gasteiger partial charge in [-0.3, -0.25) is 0 Å². The van der Waals surface area contributed by atoms with Crippen LogP contribution in [0.4, 0.5) is 5.69 Å². The molecule has 2 atom stereocenters. The Labute approximate surface area is 120 Å². The smallest absolute Gasteiger partial charge is 0.0827 e. The number of aliphatic hydroxyl groups excluding tert-OH is 1. The lowest BCUT2D eigenvalue weighted by Gasteiger charge is -2.16. The summed E-state index contributed by atoms with van der Waals surface area (Å²) in [6, 6.07) is 14.9. The lowest BCUT2D eigenvalue weighted by molar-refractivity contribution is 0.133. The van der Waals surface area contributed by atoms with Gasteiger partial charge in [0.05, 0.1) is 6.10 Å². The number of fused-ring (bicyclic) bond motifs is 1. The molecule has 1 aliphatic rings. The molecule has 0 amide bonds. The van der Waals surface area contributed by atoms with Crippen LogP contribution in [0, 0.1) is 5.92 Å². The van der Waals surface area contributed by atoms with Gasteiger partial charge in [0.1, 0.15) is 0 Å². The summed E-state index contributed by atoms with van der Waals surface area (Å²) < 4.78 is 0. The van der Waals surface area contributed by atoms with Gasteiger partial charge in [0.2, 0.25) is 0 Å². The monoisotopic (exact) mass is 267 g/mol. The van der Waals surface area contributed by atoms with E-state index in [9.17, 15) is 5.11 Å². The second-order valence-electron chi connectivity index (χ2n) is 5.95. The van der Waals surface area contributed by atoms with Crippen LogP contribution in [0.5, 0.6) is 0 Å². The summed E-state index contributed by atoms with van der Waals surface area (Å²) in [6.45, 7) is 2.11. The Morgan fingerprint density at radius 3 is 2.40 bits per heavy atom. The maximum atomic E-state index is 10.4. The second kappa shape index (κ2) is 4.95. The van der Waals surface area contributed by atoms with Crippen molar-refractivity contribution in [1.82, 2.24) is 0 Å². The van der Waals surface area contributed by atoms with Crippen molar-refractivity contribution in [3.05, 3.63) is 53.6 Å². The molecule has 0 fully saturated rings. The predicted octanol–water partition coefficient (Wildman–Crippen LogP) is 3.65. The average molecular weight is 267 g/mol. The van der Waals surface area contributed by atoms with Gasteiger partial charge in [0, 0.05) is 19.8 Å². The number of hydrogen-bond acceptors (Lipinski definition) is 2. The first-order chi connectivity index (χ1) is 9.58. The summed E-state index contributed by atoms with van der Waals surface area (Å²) in [4.78, 5) is 2.09. The average Bonchev–Trinajstić information content (AvgIpc) is 2.74. The third-order valence-electron chi connectivity index (χ3n) is 4.27. The van der Waals surface area contributed by atoms with Crippen molar-refractivity contribution in [2.24, 2.45) is 5.92 Å². The summed E-state index contributed by atoms with van der Waals surface area (Å²) in [5, 5.41) is 10.4. The fourth-order valence-electron chi connectivity index (χ4n) is 3.07. The van der Waals surface area contributed by atoms with Crippen molar-refractivity contribution >= 4 is 5.69 Å². The van der Waals surface area contributed by atoms with Crippen LogP contribution < -0.4 is 4.90 Å². The van der Waals surface area contributed by atoms with Gasteiger partial charge in [-0.05, 0) is 46.7 Å². The Kier molecular flexibility index (Phi) is 3.27. The summed E-state index contributed by atoms with van der Waals surface area (Å²) in [6.07, 6.45) is 0.634. The van der Waals surface area contributed by atoms with Crippen molar-refractivity contribution in [1.29, 1.82) is 0 Å². The van der Waals surface area contributed by atoms with Gasteiger partial charge < -0.3 is 10.0 Å².